The van der Waals surface area contributed by atoms with E-state index in [1.54, 1.807) is 0 Å². The molecule has 1 fully saturated rings. The van der Waals surface area contributed by atoms with Gasteiger partial charge in [-0.1, -0.05) is 44.5 Å². The molecular formula is C17H26O. The first kappa shape index (κ1) is 13.6. The van der Waals surface area contributed by atoms with Crippen molar-refractivity contribution < 1.29 is 5.11 Å². The van der Waals surface area contributed by atoms with E-state index in [9.17, 15) is 5.11 Å². The summed E-state index contributed by atoms with van der Waals surface area (Å²) in [5.41, 5.74) is 3.33. The lowest BCUT2D eigenvalue weighted by Crippen LogP contribution is -2.42. The Morgan fingerprint density at radius 1 is 1.17 bits per heavy atom. The minimum absolute atomic E-state index is 0.321. The van der Waals surface area contributed by atoms with E-state index in [0.29, 0.717) is 11.3 Å². The molecule has 2 atom stereocenters. The Morgan fingerprint density at radius 3 is 2.44 bits per heavy atom. The van der Waals surface area contributed by atoms with Crippen LogP contribution in [0.25, 0.3) is 0 Å². The summed E-state index contributed by atoms with van der Waals surface area (Å²) in [6, 6.07) is 6.43. The van der Waals surface area contributed by atoms with Crippen LogP contribution in [0.3, 0.4) is 0 Å². The van der Waals surface area contributed by atoms with E-state index >= 15 is 0 Å². The molecule has 0 aliphatic heterocycles. The van der Waals surface area contributed by atoms with Crippen LogP contribution < -0.4 is 0 Å². The van der Waals surface area contributed by atoms with Crippen molar-refractivity contribution in [1.82, 2.24) is 0 Å². The second-order valence-corrected chi connectivity index (χ2v) is 7.01. The molecule has 1 nitrogen and oxygen atoms in total. The fourth-order valence-electron chi connectivity index (χ4n) is 3.48. The number of benzene rings is 1. The van der Waals surface area contributed by atoms with E-state index in [4.69, 9.17) is 0 Å². The Labute approximate surface area is 111 Å². The van der Waals surface area contributed by atoms with Gasteiger partial charge >= 0.3 is 0 Å². The molecule has 0 aromatic heterocycles. The molecule has 100 valence electrons. The molecule has 18 heavy (non-hydrogen) atoms. The summed E-state index contributed by atoms with van der Waals surface area (Å²) in [4.78, 5) is 0. The smallest absolute Gasteiger partial charge is 0.0924 e. The van der Waals surface area contributed by atoms with Gasteiger partial charge in [0.25, 0.3) is 0 Å². The highest BCUT2D eigenvalue weighted by Crippen LogP contribution is 2.49. The third kappa shape index (κ3) is 2.33. The maximum atomic E-state index is 11.1. The van der Waals surface area contributed by atoms with E-state index < -0.39 is 5.60 Å². The maximum Gasteiger partial charge on any atom is 0.0924 e. The average Bonchev–Trinajstić information content (AvgIpc) is 2.27. The van der Waals surface area contributed by atoms with Crippen molar-refractivity contribution in [2.45, 2.75) is 59.5 Å². The summed E-state index contributed by atoms with van der Waals surface area (Å²) < 4.78 is 0. The van der Waals surface area contributed by atoms with Gasteiger partial charge in [-0.2, -0.15) is 0 Å². The molecule has 1 saturated carbocycles. The Bertz CT molecular complexity index is 447. The van der Waals surface area contributed by atoms with Gasteiger partial charge in [0, 0.05) is 0 Å². The van der Waals surface area contributed by atoms with E-state index in [-0.39, 0.29) is 0 Å². The van der Waals surface area contributed by atoms with Gasteiger partial charge in [0.2, 0.25) is 0 Å². The monoisotopic (exact) mass is 246 g/mol. The maximum absolute atomic E-state index is 11.1. The molecule has 0 bridgehead atoms. The summed E-state index contributed by atoms with van der Waals surface area (Å²) in [6.45, 7) is 11.0. The molecule has 2 rings (SSSR count). The van der Waals surface area contributed by atoms with E-state index in [2.05, 4.69) is 52.8 Å². The number of aliphatic hydroxyl groups is 1. The van der Waals surface area contributed by atoms with Crippen LogP contribution in [0, 0.1) is 25.2 Å². The van der Waals surface area contributed by atoms with Gasteiger partial charge < -0.3 is 5.11 Å². The number of aryl methyl sites for hydroxylation is 2. The highest BCUT2D eigenvalue weighted by atomic mass is 16.3. The highest BCUT2D eigenvalue weighted by Gasteiger charge is 2.44. The molecule has 1 aliphatic rings. The first-order chi connectivity index (χ1) is 8.24. The van der Waals surface area contributed by atoms with Crippen molar-refractivity contribution in [2.24, 2.45) is 11.3 Å². The van der Waals surface area contributed by atoms with Gasteiger partial charge in [0.15, 0.2) is 0 Å². The van der Waals surface area contributed by atoms with Gasteiger partial charge in [-0.05, 0) is 55.6 Å². The van der Waals surface area contributed by atoms with Crippen LogP contribution in [0.2, 0.25) is 0 Å². The minimum atomic E-state index is -0.633. The third-order valence-electron chi connectivity index (χ3n) is 4.72. The number of hydrogen-bond donors (Lipinski definition) is 1. The van der Waals surface area contributed by atoms with Gasteiger partial charge in [0.05, 0.1) is 5.60 Å². The van der Waals surface area contributed by atoms with Crippen LogP contribution in [-0.4, -0.2) is 5.11 Å². The summed E-state index contributed by atoms with van der Waals surface area (Å²) in [7, 11) is 0. The Balaban J connectivity index is 2.40. The molecule has 0 radical (unpaired) electrons. The second kappa shape index (κ2) is 4.38. The van der Waals surface area contributed by atoms with Crippen LogP contribution in [0.1, 0.15) is 56.7 Å². The van der Waals surface area contributed by atoms with Crippen molar-refractivity contribution in [3.63, 3.8) is 0 Å². The summed E-state index contributed by atoms with van der Waals surface area (Å²) >= 11 is 0. The van der Waals surface area contributed by atoms with Gasteiger partial charge in [0.1, 0.15) is 0 Å². The SMILES string of the molecule is Cc1ccc(C)c(C2(O)CCC(C)(C)CC2C)c1. The van der Waals surface area contributed by atoms with Gasteiger partial charge in [-0.15, -0.1) is 0 Å². The molecule has 0 amide bonds. The first-order valence-electron chi connectivity index (χ1n) is 7.05. The molecule has 0 saturated heterocycles. The Kier molecular flexibility index (Phi) is 3.31. The van der Waals surface area contributed by atoms with Crippen molar-refractivity contribution in [3.05, 3.63) is 34.9 Å². The zero-order valence-corrected chi connectivity index (χ0v) is 12.4. The van der Waals surface area contributed by atoms with Crippen LogP contribution in [0.5, 0.6) is 0 Å². The van der Waals surface area contributed by atoms with Crippen molar-refractivity contribution in [1.29, 1.82) is 0 Å². The van der Waals surface area contributed by atoms with Crippen molar-refractivity contribution in [2.75, 3.05) is 0 Å². The Morgan fingerprint density at radius 2 is 1.83 bits per heavy atom. The molecule has 0 spiro atoms. The lowest BCUT2D eigenvalue weighted by molar-refractivity contribution is -0.0774. The first-order valence-corrected chi connectivity index (χ1v) is 7.05. The molecule has 2 unspecified atom stereocenters. The Hall–Kier alpha value is -0.820. The predicted octanol–water partition coefficient (Wildman–Crippen LogP) is 4.34. The van der Waals surface area contributed by atoms with Crippen LogP contribution >= 0.6 is 0 Å². The average molecular weight is 246 g/mol. The normalized spacial score (nSPS) is 31.3. The largest absolute Gasteiger partial charge is 0.385 e. The quantitative estimate of drug-likeness (QED) is 0.781. The third-order valence-corrected chi connectivity index (χ3v) is 4.72. The fourth-order valence-corrected chi connectivity index (χ4v) is 3.48. The molecular weight excluding hydrogens is 220 g/mol. The van der Waals surface area contributed by atoms with Crippen molar-refractivity contribution in [3.8, 4) is 0 Å². The zero-order valence-electron chi connectivity index (χ0n) is 12.4. The van der Waals surface area contributed by atoms with Crippen LogP contribution in [-0.2, 0) is 5.60 Å². The molecule has 0 heterocycles. The fraction of sp³-hybridized carbons (Fsp3) is 0.647. The lowest BCUT2D eigenvalue weighted by atomic mass is 9.63. The van der Waals surface area contributed by atoms with E-state index in [1.807, 2.05) is 0 Å². The molecule has 1 aromatic carbocycles. The number of rotatable bonds is 1. The summed E-state index contributed by atoms with van der Waals surface area (Å²) in [6.07, 6.45) is 3.07. The van der Waals surface area contributed by atoms with Crippen molar-refractivity contribution >= 4 is 0 Å². The van der Waals surface area contributed by atoms with Gasteiger partial charge in [-0.25, -0.2) is 0 Å². The lowest BCUT2D eigenvalue weighted by Gasteiger charge is -2.46. The number of hydrogen-bond acceptors (Lipinski definition) is 1. The zero-order chi connectivity index (χ0) is 13.6. The second-order valence-electron chi connectivity index (χ2n) is 7.01. The standard InChI is InChI=1S/C17H26O/c1-12-6-7-13(2)15(10-12)17(18)9-8-16(4,5)11-14(17)3/h6-7,10,14,18H,8-9,11H2,1-5H3. The topological polar surface area (TPSA) is 20.2 Å². The molecule has 1 heteroatoms. The molecule has 1 aliphatic carbocycles. The highest BCUT2D eigenvalue weighted by molar-refractivity contribution is 5.36. The summed E-state index contributed by atoms with van der Waals surface area (Å²) in [5.74, 6) is 0.321. The van der Waals surface area contributed by atoms with E-state index in [1.165, 1.54) is 11.1 Å². The van der Waals surface area contributed by atoms with Crippen LogP contribution in [0.4, 0.5) is 0 Å². The summed E-state index contributed by atoms with van der Waals surface area (Å²) in [5, 5.41) is 11.1. The predicted molar refractivity (Wildman–Crippen MR) is 76.6 cm³/mol. The van der Waals surface area contributed by atoms with Crippen LogP contribution in [0.15, 0.2) is 18.2 Å². The van der Waals surface area contributed by atoms with Gasteiger partial charge in [-0.3, -0.25) is 0 Å². The molecule has 1 N–H and O–H groups in total. The van der Waals surface area contributed by atoms with E-state index in [0.717, 1.165) is 24.8 Å². The molecule has 1 aromatic rings. The minimum Gasteiger partial charge on any atom is -0.385 e.